The SMILES string of the molecule is CCOc1cc2c(cc1CC(F)C(=O)O)OC(C)C2. The molecule has 19 heavy (non-hydrogen) atoms. The highest BCUT2D eigenvalue weighted by Gasteiger charge is 2.24. The van der Waals surface area contributed by atoms with Crippen LogP contribution in [-0.4, -0.2) is 30.0 Å². The van der Waals surface area contributed by atoms with E-state index in [-0.39, 0.29) is 12.5 Å². The van der Waals surface area contributed by atoms with Crippen molar-refractivity contribution in [1.82, 2.24) is 0 Å². The molecule has 1 N–H and O–H groups in total. The predicted molar refractivity (Wildman–Crippen MR) is 67.6 cm³/mol. The van der Waals surface area contributed by atoms with E-state index in [1.165, 1.54) is 0 Å². The number of halogens is 1. The normalized spacial score (nSPS) is 18.6. The van der Waals surface area contributed by atoms with Crippen molar-refractivity contribution in [1.29, 1.82) is 0 Å². The molecule has 2 rings (SSSR count). The third kappa shape index (κ3) is 2.97. The number of hydrogen-bond acceptors (Lipinski definition) is 3. The van der Waals surface area contributed by atoms with Crippen molar-refractivity contribution >= 4 is 5.97 Å². The van der Waals surface area contributed by atoms with Gasteiger partial charge in [-0.3, -0.25) is 0 Å². The maximum absolute atomic E-state index is 13.4. The molecule has 0 aromatic heterocycles. The van der Waals surface area contributed by atoms with Gasteiger partial charge >= 0.3 is 5.97 Å². The molecular formula is C14H17FO4. The summed E-state index contributed by atoms with van der Waals surface area (Å²) in [6.07, 6.45) is -1.28. The van der Waals surface area contributed by atoms with Crippen LogP contribution in [0.15, 0.2) is 12.1 Å². The van der Waals surface area contributed by atoms with Crippen LogP contribution < -0.4 is 9.47 Å². The highest BCUT2D eigenvalue weighted by molar-refractivity contribution is 5.72. The number of fused-ring (bicyclic) bond motifs is 1. The molecule has 5 heteroatoms. The fraction of sp³-hybridized carbons (Fsp3) is 0.500. The number of carboxylic acid groups (broad SMARTS) is 1. The van der Waals surface area contributed by atoms with Crippen molar-refractivity contribution < 1.29 is 23.8 Å². The first-order chi connectivity index (χ1) is 9.01. The molecule has 0 bridgehead atoms. The average molecular weight is 268 g/mol. The first kappa shape index (κ1) is 13.6. The number of ether oxygens (including phenoxy) is 2. The molecule has 4 nitrogen and oxygen atoms in total. The van der Waals surface area contributed by atoms with Crippen molar-refractivity contribution in [2.45, 2.75) is 39.0 Å². The molecule has 0 spiro atoms. The van der Waals surface area contributed by atoms with Crippen LogP contribution in [0.3, 0.4) is 0 Å². The second-order valence-corrected chi connectivity index (χ2v) is 4.64. The van der Waals surface area contributed by atoms with E-state index < -0.39 is 12.1 Å². The van der Waals surface area contributed by atoms with Crippen LogP contribution >= 0.6 is 0 Å². The van der Waals surface area contributed by atoms with Crippen molar-refractivity contribution in [2.75, 3.05) is 6.61 Å². The Morgan fingerprint density at radius 2 is 2.37 bits per heavy atom. The quantitative estimate of drug-likeness (QED) is 0.890. The Labute approximate surface area is 111 Å². The maximum atomic E-state index is 13.4. The monoisotopic (exact) mass is 268 g/mol. The smallest absolute Gasteiger partial charge is 0.338 e. The van der Waals surface area contributed by atoms with Crippen molar-refractivity contribution in [3.63, 3.8) is 0 Å². The summed E-state index contributed by atoms with van der Waals surface area (Å²) >= 11 is 0. The Hall–Kier alpha value is -1.78. The third-order valence-electron chi connectivity index (χ3n) is 3.05. The van der Waals surface area contributed by atoms with Crippen molar-refractivity contribution in [3.8, 4) is 11.5 Å². The van der Waals surface area contributed by atoms with E-state index in [1.54, 1.807) is 6.07 Å². The molecule has 1 heterocycles. The summed E-state index contributed by atoms with van der Waals surface area (Å²) in [5.74, 6) is -0.219. The van der Waals surface area contributed by atoms with Crippen LogP contribution in [0.25, 0.3) is 0 Å². The molecule has 0 saturated heterocycles. The van der Waals surface area contributed by atoms with Crippen LogP contribution in [0.2, 0.25) is 0 Å². The van der Waals surface area contributed by atoms with Gasteiger partial charge in [-0.1, -0.05) is 0 Å². The number of benzene rings is 1. The largest absolute Gasteiger partial charge is 0.494 e. The molecule has 1 aliphatic heterocycles. The summed E-state index contributed by atoms with van der Waals surface area (Å²) in [7, 11) is 0. The number of alkyl halides is 1. The molecule has 0 saturated carbocycles. The molecule has 0 amide bonds. The van der Waals surface area contributed by atoms with E-state index >= 15 is 0 Å². The first-order valence-electron chi connectivity index (χ1n) is 6.33. The van der Waals surface area contributed by atoms with Crippen LogP contribution in [0.1, 0.15) is 25.0 Å². The zero-order valence-electron chi connectivity index (χ0n) is 11.0. The van der Waals surface area contributed by atoms with Gasteiger partial charge in [-0.25, -0.2) is 9.18 Å². The lowest BCUT2D eigenvalue weighted by atomic mass is 10.0. The lowest BCUT2D eigenvalue weighted by Gasteiger charge is -2.13. The minimum absolute atomic E-state index is 0.0837. The molecule has 2 unspecified atom stereocenters. The van der Waals surface area contributed by atoms with E-state index in [2.05, 4.69) is 0 Å². The summed E-state index contributed by atoms with van der Waals surface area (Å²) in [5, 5.41) is 8.65. The van der Waals surface area contributed by atoms with E-state index in [9.17, 15) is 9.18 Å². The lowest BCUT2D eigenvalue weighted by molar-refractivity contribution is -0.142. The Morgan fingerprint density at radius 1 is 1.63 bits per heavy atom. The van der Waals surface area contributed by atoms with Crippen LogP contribution in [0.5, 0.6) is 11.5 Å². The summed E-state index contributed by atoms with van der Waals surface area (Å²) < 4.78 is 24.4. The number of carboxylic acids is 1. The maximum Gasteiger partial charge on any atom is 0.338 e. The summed E-state index contributed by atoms with van der Waals surface area (Å²) in [6, 6.07) is 3.52. The fourth-order valence-electron chi connectivity index (χ4n) is 2.21. The molecule has 0 fully saturated rings. The van der Waals surface area contributed by atoms with Gasteiger partial charge in [-0.05, 0) is 26.0 Å². The second-order valence-electron chi connectivity index (χ2n) is 4.64. The van der Waals surface area contributed by atoms with Gasteiger partial charge in [0.25, 0.3) is 0 Å². The highest BCUT2D eigenvalue weighted by Crippen LogP contribution is 2.35. The Bertz CT molecular complexity index is 487. The van der Waals surface area contributed by atoms with Crippen LogP contribution in [-0.2, 0) is 17.6 Å². The Morgan fingerprint density at radius 3 is 3.00 bits per heavy atom. The summed E-state index contributed by atoms with van der Waals surface area (Å²) in [6.45, 7) is 4.24. The number of hydrogen-bond donors (Lipinski definition) is 1. The van der Waals surface area contributed by atoms with Gasteiger partial charge in [-0.15, -0.1) is 0 Å². The topological polar surface area (TPSA) is 55.8 Å². The number of rotatable bonds is 5. The Balaban J connectivity index is 2.30. The molecular weight excluding hydrogens is 251 g/mol. The van der Waals surface area contributed by atoms with E-state index in [4.69, 9.17) is 14.6 Å². The minimum atomic E-state index is -1.93. The third-order valence-corrected chi connectivity index (χ3v) is 3.05. The second kappa shape index (κ2) is 5.47. The number of carbonyl (C=O) groups is 1. The van der Waals surface area contributed by atoms with E-state index in [1.807, 2.05) is 19.9 Å². The molecule has 1 aliphatic rings. The molecule has 1 aromatic carbocycles. The molecule has 0 radical (unpaired) electrons. The van der Waals surface area contributed by atoms with Crippen LogP contribution in [0.4, 0.5) is 4.39 Å². The average Bonchev–Trinajstić information content (AvgIpc) is 2.68. The van der Waals surface area contributed by atoms with Crippen molar-refractivity contribution in [2.24, 2.45) is 0 Å². The van der Waals surface area contributed by atoms with E-state index in [0.29, 0.717) is 23.7 Å². The molecule has 104 valence electrons. The number of aliphatic carboxylic acids is 1. The molecule has 1 aromatic rings. The van der Waals surface area contributed by atoms with Crippen LogP contribution in [0, 0.1) is 0 Å². The summed E-state index contributed by atoms with van der Waals surface area (Å²) in [4.78, 5) is 10.6. The van der Waals surface area contributed by atoms with E-state index in [0.717, 1.165) is 12.0 Å². The zero-order chi connectivity index (χ0) is 14.0. The highest BCUT2D eigenvalue weighted by atomic mass is 19.1. The van der Waals surface area contributed by atoms with Gasteiger partial charge in [-0.2, -0.15) is 0 Å². The molecule has 0 aliphatic carbocycles. The predicted octanol–water partition coefficient (Wildman–Crippen LogP) is 2.37. The lowest BCUT2D eigenvalue weighted by Crippen LogP contribution is -2.17. The minimum Gasteiger partial charge on any atom is -0.494 e. The first-order valence-corrected chi connectivity index (χ1v) is 6.33. The van der Waals surface area contributed by atoms with Gasteiger partial charge in [0.15, 0.2) is 0 Å². The zero-order valence-corrected chi connectivity index (χ0v) is 11.0. The van der Waals surface area contributed by atoms with Gasteiger partial charge < -0.3 is 14.6 Å². The van der Waals surface area contributed by atoms with Gasteiger partial charge in [0.1, 0.15) is 17.6 Å². The standard InChI is InChI=1S/C14H17FO4/c1-3-18-12-6-9-4-8(2)19-13(9)7-10(12)5-11(15)14(16)17/h6-8,11H,3-5H2,1-2H3,(H,16,17). The summed E-state index contributed by atoms with van der Waals surface area (Å²) in [5.41, 5.74) is 1.55. The van der Waals surface area contributed by atoms with Gasteiger partial charge in [0.05, 0.1) is 6.61 Å². The van der Waals surface area contributed by atoms with Crippen molar-refractivity contribution in [3.05, 3.63) is 23.3 Å². The fourth-order valence-corrected chi connectivity index (χ4v) is 2.21. The van der Waals surface area contributed by atoms with Gasteiger partial charge in [0, 0.05) is 24.0 Å². The Kier molecular flexibility index (Phi) is 3.93. The van der Waals surface area contributed by atoms with Gasteiger partial charge in [0.2, 0.25) is 6.17 Å². The molecule has 2 atom stereocenters.